The molecule has 2 aromatic rings. The van der Waals surface area contributed by atoms with Gasteiger partial charge in [-0.15, -0.1) is 11.3 Å². The maximum atomic E-state index is 13.9. The molecule has 0 amide bonds. The summed E-state index contributed by atoms with van der Waals surface area (Å²) in [5.41, 5.74) is 1.23. The Hall–Kier alpha value is -2.86. The largest absolute Gasteiger partial charge is 0.481 e. The number of rotatable bonds is 9. The van der Waals surface area contributed by atoms with E-state index in [0.717, 1.165) is 0 Å². The second-order valence-electron chi connectivity index (χ2n) is 9.44. The molecule has 2 aliphatic heterocycles. The Morgan fingerprint density at radius 1 is 1.39 bits per heavy atom. The number of nitrogens with zero attached hydrogens (tertiary/aromatic N) is 3. The predicted octanol–water partition coefficient (Wildman–Crippen LogP) is 4.04. The summed E-state index contributed by atoms with van der Waals surface area (Å²) in [5.74, 6) is -1.38. The Balaban J connectivity index is 1.79. The van der Waals surface area contributed by atoms with Crippen molar-refractivity contribution in [3.63, 3.8) is 0 Å². The van der Waals surface area contributed by atoms with Crippen molar-refractivity contribution in [2.45, 2.75) is 44.9 Å². The van der Waals surface area contributed by atoms with Crippen LogP contribution in [0.25, 0.3) is 0 Å². The van der Waals surface area contributed by atoms with E-state index in [2.05, 4.69) is 15.2 Å². The van der Waals surface area contributed by atoms with Crippen molar-refractivity contribution in [3.8, 4) is 0 Å². The number of carboxylic acid groups (broad SMARTS) is 1. The molecule has 1 aromatic carbocycles. The van der Waals surface area contributed by atoms with Gasteiger partial charge in [0.25, 0.3) is 0 Å². The van der Waals surface area contributed by atoms with Crippen LogP contribution in [0.5, 0.6) is 0 Å². The van der Waals surface area contributed by atoms with Crippen LogP contribution in [0.15, 0.2) is 46.0 Å². The van der Waals surface area contributed by atoms with E-state index in [4.69, 9.17) is 26.1 Å². The first kappa shape index (κ1) is 28.2. The van der Waals surface area contributed by atoms with Gasteiger partial charge in [-0.3, -0.25) is 14.7 Å². The van der Waals surface area contributed by atoms with Gasteiger partial charge in [0.15, 0.2) is 10.8 Å². The summed E-state index contributed by atoms with van der Waals surface area (Å²) in [6, 6.07) is 2.90. The lowest BCUT2D eigenvalue weighted by molar-refractivity contribution is -0.139. The lowest BCUT2D eigenvalue weighted by Crippen LogP contribution is -2.55. The van der Waals surface area contributed by atoms with Gasteiger partial charge in [-0.1, -0.05) is 31.5 Å². The average molecular weight is 565 g/mol. The van der Waals surface area contributed by atoms with Gasteiger partial charge in [0.1, 0.15) is 11.9 Å². The third-order valence-electron chi connectivity index (χ3n) is 6.63. The summed E-state index contributed by atoms with van der Waals surface area (Å²) in [6.45, 7) is 5.37. The molecule has 204 valence electrons. The van der Waals surface area contributed by atoms with Crippen LogP contribution in [0.3, 0.4) is 0 Å². The SMILES string of the molecule is COC(=O)C1=C(CN2CCO[C@H](C(C)C)[C@H]2CCC(=O)O)NC(c2nccs2)=N[C@H]1c1ccc(F)cc1Cl. The molecule has 2 N–H and O–H groups in total. The first-order valence-electron chi connectivity index (χ1n) is 12.3. The number of hydrogen-bond donors (Lipinski definition) is 2. The smallest absolute Gasteiger partial charge is 0.338 e. The van der Waals surface area contributed by atoms with Crippen LogP contribution >= 0.6 is 22.9 Å². The van der Waals surface area contributed by atoms with Gasteiger partial charge in [-0.05, 0) is 24.5 Å². The maximum absolute atomic E-state index is 13.9. The number of aromatic nitrogens is 1. The number of nitrogens with one attached hydrogen (secondary N) is 1. The minimum atomic E-state index is -0.882. The van der Waals surface area contributed by atoms with Gasteiger partial charge in [-0.25, -0.2) is 14.2 Å². The van der Waals surface area contributed by atoms with E-state index in [1.807, 2.05) is 19.2 Å². The highest BCUT2D eigenvalue weighted by Crippen LogP contribution is 2.37. The summed E-state index contributed by atoms with van der Waals surface area (Å²) in [4.78, 5) is 35.9. The maximum Gasteiger partial charge on any atom is 0.338 e. The fourth-order valence-electron chi connectivity index (χ4n) is 4.91. The highest BCUT2D eigenvalue weighted by atomic mass is 35.5. The zero-order valence-electron chi connectivity index (χ0n) is 21.3. The topological polar surface area (TPSA) is 113 Å². The van der Waals surface area contributed by atoms with Crippen molar-refractivity contribution in [1.29, 1.82) is 0 Å². The normalized spacial score (nSPS) is 22.3. The van der Waals surface area contributed by atoms with E-state index in [9.17, 15) is 19.1 Å². The molecular formula is C26H30ClFN4O5S. The molecule has 1 aromatic heterocycles. The van der Waals surface area contributed by atoms with Gasteiger partial charge >= 0.3 is 11.9 Å². The Morgan fingerprint density at radius 3 is 2.82 bits per heavy atom. The third-order valence-corrected chi connectivity index (χ3v) is 7.74. The summed E-state index contributed by atoms with van der Waals surface area (Å²) >= 11 is 7.81. The highest BCUT2D eigenvalue weighted by molar-refractivity contribution is 7.11. The molecule has 9 nitrogen and oxygen atoms in total. The minimum absolute atomic E-state index is 0.0102. The average Bonchev–Trinajstić information content (AvgIpc) is 3.42. The Bertz CT molecular complexity index is 1240. The fraction of sp³-hybridized carbons (Fsp3) is 0.462. The van der Waals surface area contributed by atoms with Crippen molar-refractivity contribution in [2.24, 2.45) is 10.9 Å². The Kier molecular flexibility index (Phi) is 9.14. The number of esters is 1. The molecule has 12 heteroatoms. The second kappa shape index (κ2) is 12.3. The molecule has 3 heterocycles. The zero-order chi connectivity index (χ0) is 27.4. The monoisotopic (exact) mass is 564 g/mol. The Labute approximate surface area is 229 Å². The van der Waals surface area contributed by atoms with E-state index in [1.165, 1.54) is 36.6 Å². The summed E-state index contributed by atoms with van der Waals surface area (Å²) in [6.07, 6.45) is 1.85. The van der Waals surface area contributed by atoms with Crippen LogP contribution in [0.4, 0.5) is 4.39 Å². The number of carboxylic acids is 1. The number of methoxy groups -OCH3 is 1. The lowest BCUT2D eigenvalue weighted by Gasteiger charge is -2.44. The van der Waals surface area contributed by atoms with E-state index in [0.29, 0.717) is 41.7 Å². The number of carbonyl (C=O) groups is 2. The number of aliphatic carboxylic acids is 1. The summed E-state index contributed by atoms with van der Waals surface area (Å²) in [7, 11) is 1.29. The number of carbonyl (C=O) groups excluding carboxylic acids is 1. The highest BCUT2D eigenvalue weighted by Gasteiger charge is 2.38. The first-order chi connectivity index (χ1) is 18.2. The predicted molar refractivity (Wildman–Crippen MR) is 142 cm³/mol. The zero-order valence-corrected chi connectivity index (χ0v) is 22.9. The standard InChI is InChI=1S/C26H30ClFN4O5S/c1-14(2)23-19(6-7-20(33)34)32(9-10-37-23)13-18-21(26(35)36-3)22(16-5-4-15(28)12-17(16)27)31-24(30-18)25-29-8-11-38-25/h4-5,8,11-12,14,19,22-23H,6-7,9-10,13H2,1-3H3,(H,30,31)(H,33,34)/t19-,22+,23-/m1/s1. The first-order valence-corrected chi connectivity index (χ1v) is 13.5. The van der Waals surface area contributed by atoms with Crippen LogP contribution in [0.1, 0.15) is 43.3 Å². The van der Waals surface area contributed by atoms with Crippen molar-refractivity contribution >= 4 is 40.7 Å². The molecule has 0 radical (unpaired) electrons. The van der Waals surface area contributed by atoms with Crippen molar-refractivity contribution < 1.29 is 28.6 Å². The number of halogens is 2. The quantitative estimate of drug-likeness (QED) is 0.439. The number of ether oxygens (including phenoxy) is 2. The van der Waals surface area contributed by atoms with Crippen LogP contribution < -0.4 is 5.32 Å². The fourth-order valence-corrected chi connectivity index (χ4v) is 5.77. The second-order valence-corrected chi connectivity index (χ2v) is 10.7. The molecule has 2 aliphatic rings. The van der Waals surface area contributed by atoms with Gasteiger partial charge in [0.2, 0.25) is 0 Å². The molecular weight excluding hydrogens is 535 g/mol. The number of aliphatic imine (C=N–C) groups is 1. The van der Waals surface area contributed by atoms with E-state index in [-0.39, 0.29) is 41.6 Å². The number of amidine groups is 1. The Morgan fingerprint density at radius 2 is 2.18 bits per heavy atom. The molecule has 0 aliphatic carbocycles. The number of hydrogen-bond acceptors (Lipinski definition) is 9. The molecule has 3 atom stereocenters. The number of benzene rings is 1. The van der Waals surface area contributed by atoms with Crippen molar-refractivity contribution in [3.05, 3.63) is 62.5 Å². The number of morpholine rings is 1. The van der Waals surface area contributed by atoms with E-state index < -0.39 is 23.8 Å². The molecule has 0 unspecified atom stereocenters. The third kappa shape index (κ3) is 6.23. The van der Waals surface area contributed by atoms with E-state index >= 15 is 0 Å². The van der Waals surface area contributed by atoms with Gasteiger partial charge in [-0.2, -0.15) is 0 Å². The molecule has 4 rings (SSSR count). The summed E-state index contributed by atoms with van der Waals surface area (Å²) < 4.78 is 25.1. The molecule has 0 bridgehead atoms. The minimum Gasteiger partial charge on any atom is -0.481 e. The van der Waals surface area contributed by atoms with E-state index in [1.54, 1.807) is 6.20 Å². The molecule has 0 spiro atoms. The van der Waals surface area contributed by atoms with Crippen molar-refractivity contribution in [1.82, 2.24) is 15.2 Å². The van der Waals surface area contributed by atoms with Gasteiger partial charge < -0.3 is 19.9 Å². The van der Waals surface area contributed by atoms with Gasteiger partial charge in [0.05, 0.1) is 25.4 Å². The lowest BCUT2D eigenvalue weighted by atomic mass is 9.91. The summed E-state index contributed by atoms with van der Waals surface area (Å²) in [5, 5.41) is 15.2. The molecule has 38 heavy (non-hydrogen) atoms. The van der Waals surface area contributed by atoms with Crippen LogP contribution in [-0.2, 0) is 19.1 Å². The molecule has 0 saturated carbocycles. The van der Waals surface area contributed by atoms with Gasteiger partial charge in [0, 0.05) is 53.4 Å². The van der Waals surface area contributed by atoms with Crippen LogP contribution in [-0.4, -0.2) is 71.7 Å². The molecule has 1 fully saturated rings. The van der Waals surface area contributed by atoms with Crippen molar-refractivity contribution in [2.75, 3.05) is 26.8 Å². The molecule has 1 saturated heterocycles. The van der Waals surface area contributed by atoms with Crippen LogP contribution in [0, 0.1) is 11.7 Å². The van der Waals surface area contributed by atoms with Crippen LogP contribution in [0.2, 0.25) is 5.02 Å². The number of thiazole rings is 1.